The van der Waals surface area contributed by atoms with Gasteiger partial charge < -0.3 is 19.5 Å². The Hall–Kier alpha value is -2.37. The van der Waals surface area contributed by atoms with Gasteiger partial charge in [-0.25, -0.2) is 4.79 Å². The first-order valence-corrected chi connectivity index (χ1v) is 10.0. The molecule has 2 heterocycles. The highest BCUT2D eigenvalue weighted by atomic mass is 16.6. The van der Waals surface area contributed by atoms with Gasteiger partial charge in [-0.3, -0.25) is 0 Å². The number of nitrogens with zero attached hydrogens (tertiary/aromatic N) is 1. The lowest BCUT2D eigenvalue weighted by molar-refractivity contribution is -0.0342. The molecule has 2 aromatic carbocycles. The van der Waals surface area contributed by atoms with Crippen molar-refractivity contribution < 1.29 is 19.4 Å². The number of carbonyl (C=O) groups excluding carboxylic acids is 1. The minimum atomic E-state index is -0.503. The third kappa shape index (κ3) is 2.81. The molecule has 1 spiro atoms. The van der Waals surface area contributed by atoms with Crippen LogP contribution in [0.2, 0.25) is 0 Å². The molecule has 5 nitrogen and oxygen atoms in total. The van der Waals surface area contributed by atoms with E-state index in [1.165, 1.54) is 22.3 Å². The summed E-state index contributed by atoms with van der Waals surface area (Å²) in [6.07, 6.45) is 0.754. The molecule has 28 heavy (non-hydrogen) atoms. The van der Waals surface area contributed by atoms with Crippen LogP contribution in [0.15, 0.2) is 48.5 Å². The van der Waals surface area contributed by atoms with Gasteiger partial charge in [0, 0.05) is 31.1 Å². The summed E-state index contributed by atoms with van der Waals surface area (Å²) >= 11 is 0. The van der Waals surface area contributed by atoms with Gasteiger partial charge >= 0.3 is 6.09 Å². The third-order valence-corrected chi connectivity index (χ3v) is 6.69. The zero-order valence-electron chi connectivity index (χ0n) is 15.8. The lowest BCUT2D eigenvalue weighted by Crippen LogP contribution is -2.40. The van der Waals surface area contributed by atoms with Gasteiger partial charge in [0.05, 0.1) is 12.6 Å². The summed E-state index contributed by atoms with van der Waals surface area (Å²) < 4.78 is 11.2. The standard InChI is InChI=1S/C23H25NO4/c25-21-13-24(15-23(21)9-11-27-12-10-23)22(26)28-14-20-18-7-3-1-5-16(18)17-6-2-4-8-19(17)20/h1-8,20-21,25H,9-15H2. The molecule has 2 fully saturated rings. The number of aliphatic hydroxyl groups is 1. The predicted molar refractivity (Wildman–Crippen MR) is 105 cm³/mol. The molecule has 2 saturated heterocycles. The van der Waals surface area contributed by atoms with Crippen LogP contribution < -0.4 is 0 Å². The topological polar surface area (TPSA) is 59.0 Å². The number of β-amino-alcohol motifs (C(OH)–C–C–N with tert-alkyl or cyclic N) is 1. The second-order valence-corrected chi connectivity index (χ2v) is 8.18. The number of fused-ring (bicyclic) bond motifs is 3. The molecular weight excluding hydrogens is 354 g/mol. The van der Waals surface area contributed by atoms with Crippen LogP contribution in [-0.4, -0.2) is 55.1 Å². The first-order chi connectivity index (χ1) is 13.7. The Kier molecular flexibility index (Phi) is 4.37. The maximum absolute atomic E-state index is 12.8. The lowest BCUT2D eigenvalue weighted by atomic mass is 9.77. The highest BCUT2D eigenvalue weighted by Gasteiger charge is 2.48. The zero-order chi connectivity index (χ0) is 19.1. The van der Waals surface area contributed by atoms with Crippen molar-refractivity contribution in [2.45, 2.75) is 24.9 Å². The molecular formula is C23H25NO4. The van der Waals surface area contributed by atoms with Crippen LogP contribution >= 0.6 is 0 Å². The monoisotopic (exact) mass is 379 g/mol. The first-order valence-electron chi connectivity index (χ1n) is 10.0. The van der Waals surface area contributed by atoms with E-state index in [0.717, 1.165) is 12.8 Å². The van der Waals surface area contributed by atoms with Crippen molar-refractivity contribution in [2.75, 3.05) is 32.9 Å². The predicted octanol–water partition coefficient (Wildman–Crippen LogP) is 3.41. The van der Waals surface area contributed by atoms with Gasteiger partial charge in [-0.2, -0.15) is 0 Å². The summed E-state index contributed by atoms with van der Waals surface area (Å²) in [5.41, 5.74) is 4.62. The van der Waals surface area contributed by atoms with Crippen molar-refractivity contribution in [1.29, 1.82) is 0 Å². The number of amides is 1. The van der Waals surface area contributed by atoms with Crippen molar-refractivity contribution in [3.8, 4) is 11.1 Å². The van der Waals surface area contributed by atoms with Gasteiger partial charge in [-0.15, -0.1) is 0 Å². The molecule has 1 unspecified atom stereocenters. The van der Waals surface area contributed by atoms with Gasteiger partial charge in [-0.05, 0) is 35.1 Å². The zero-order valence-corrected chi connectivity index (χ0v) is 15.8. The second kappa shape index (κ2) is 6.90. The Bertz CT molecular complexity index is 844. The highest BCUT2D eigenvalue weighted by molar-refractivity contribution is 5.79. The van der Waals surface area contributed by atoms with Crippen LogP contribution in [0.5, 0.6) is 0 Å². The van der Waals surface area contributed by atoms with E-state index in [-0.39, 0.29) is 17.4 Å². The molecule has 2 aliphatic heterocycles. The number of hydrogen-bond acceptors (Lipinski definition) is 4. The number of likely N-dealkylation sites (tertiary alicyclic amines) is 1. The fraction of sp³-hybridized carbons (Fsp3) is 0.435. The van der Waals surface area contributed by atoms with Crippen molar-refractivity contribution in [2.24, 2.45) is 5.41 Å². The minimum absolute atomic E-state index is 0.0564. The van der Waals surface area contributed by atoms with Crippen LogP contribution in [0.4, 0.5) is 4.79 Å². The fourth-order valence-electron chi connectivity index (χ4n) is 5.05. The van der Waals surface area contributed by atoms with Crippen molar-refractivity contribution in [3.63, 3.8) is 0 Å². The molecule has 3 aliphatic rings. The van der Waals surface area contributed by atoms with Crippen molar-refractivity contribution >= 4 is 6.09 Å². The Morgan fingerprint density at radius 2 is 1.68 bits per heavy atom. The smallest absolute Gasteiger partial charge is 0.409 e. The summed E-state index contributed by atoms with van der Waals surface area (Å²) in [6, 6.07) is 16.6. The van der Waals surface area contributed by atoms with Gasteiger partial charge in [0.2, 0.25) is 0 Å². The number of aliphatic hydroxyl groups excluding tert-OH is 1. The normalized spacial score (nSPS) is 22.9. The lowest BCUT2D eigenvalue weighted by Gasteiger charge is -2.35. The second-order valence-electron chi connectivity index (χ2n) is 8.18. The number of rotatable bonds is 2. The van der Waals surface area contributed by atoms with Crippen molar-refractivity contribution in [1.82, 2.24) is 4.90 Å². The summed E-state index contributed by atoms with van der Waals surface area (Å²) in [5, 5.41) is 10.6. The van der Waals surface area contributed by atoms with Gasteiger partial charge in [0.25, 0.3) is 0 Å². The molecule has 1 amide bonds. The van der Waals surface area contributed by atoms with E-state index >= 15 is 0 Å². The molecule has 5 heteroatoms. The molecule has 1 atom stereocenters. The molecule has 5 rings (SSSR count). The molecule has 0 saturated carbocycles. The summed E-state index contributed by atoms with van der Waals surface area (Å²) in [6.45, 7) is 2.51. The quantitative estimate of drug-likeness (QED) is 0.869. The van der Waals surface area contributed by atoms with Crippen LogP contribution in [-0.2, 0) is 9.47 Å². The average Bonchev–Trinajstić information content (AvgIpc) is 3.22. The third-order valence-electron chi connectivity index (χ3n) is 6.69. The maximum atomic E-state index is 12.8. The molecule has 0 bridgehead atoms. The highest BCUT2D eigenvalue weighted by Crippen LogP contribution is 2.45. The molecule has 1 aliphatic carbocycles. The average molecular weight is 379 g/mol. The minimum Gasteiger partial charge on any atom is -0.448 e. The van der Waals surface area contributed by atoms with E-state index < -0.39 is 6.10 Å². The molecule has 2 aromatic rings. The van der Waals surface area contributed by atoms with Crippen molar-refractivity contribution in [3.05, 3.63) is 59.7 Å². The van der Waals surface area contributed by atoms with Crippen LogP contribution in [0.1, 0.15) is 29.9 Å². The maximum Gasteiger partial charge on any atom is 0.409 e. The van der Waals surface area contributed by atoms with E-state index in [9.17, 15) is 9.90 Å². The molecule has 0 radical (unpaired) electrons. The van der Waals surface area contributed by atoms with Crippen LogP contribution in [0.3, 0.4) is 0 Å². The summed E-state index contributed by atoms with van der Waals surface area (Å²) in [7, 11) is 0. The summed E-state index contributed by atoms with van der Waals surface area (Å²) in [4.78, 5) is 14.4. The molecule has 1 N–H and O–H groups in total. The largest absolute Gasteiger partial charge is 0.448 e. The Labute approximate surface area is 164 Å². The molecule has 0 aromatic heterocycles. The van der Waals surface area contributed by atoms with Gasteiger partial charge in [-0.1, -0.05) is 48.5 Å². The van der Waals surface area contributed by atoms with E-state index in [1.54, 1.807) is 4.90 Å². The van der Waals surface area contributed by atoms with E-state index in [2.05, 4.69) is 24.3 Å². The Morgan fingerprint density at radius 3 is 2.32 bits per heavy atom. The molecule has 146 valence electrons. The SMILES string of the molecule is O=C(OCC1c2ccccc2-c2ccccc21)N1CC(O)C2(CCOCC2)C1. The Balaban J connectivity index is 1.30. The van der Waals surface area contributed by atoms with Gasteiger partial charge in [0.1, 0.15) is 6.61 Å². The number of hydrogen-bond donors (Lipinski definition) is 1. The van der Waals surface area contributed by atoms with Crippen LogP contribution in [0, 0.1) is 5.41 Å². The fourth-order valence-corrected chi connectivity index (χ4v) is 5.05. The van der Waals surface area contributed by atoms with E-state index in [4.69, 9.17) is 9.47 Å². The first kappa shape index (κ1) is 17.7. The Morgan fingerprint density at radius 1 is 1.07 bits per heavy atom. The number of carbonyl (C=O) groups is 1. The summed E-state index contributed by atoms with van der Waals surface area (Å²) in [5.74, 6) is 0.0564. The number of ether oxygens (including phenoxy) is 2. The van der Waals surface area contributed by atoms with Crippen LogP contribution in [0.25, 0.3) is 11.1 Å². The van der Waals surface area contributed by atoms with E-state index in [0.29, 0.717) is 32.9 Å². The number of benzene rings is 2. The van der Waals surface area contributed by atoms with Gasteiger partial charge in [0.15, 0.2) is 0 Å². The van der Waals surface area contributed by atoms with E-state index in [1.807, 2.05) is 24.3 Å².